The molecule has 4 heteroatoms. The Morgan fingerprint density at radius 3 is 2.52 bits per heavy atom. The summed E-state index contributed by atoms with van der Waals surface area (Å²) in [6.07, 6.45) is 1.66. The van der Waals surface area contributed by atoms with E-state index in [1.165, 1.54) is 7.11 Å². The molecule has 0 saturated carbocycles. The molecule has 0 aromatic heterocycles. The summed E-state index contributed by atoms with van der Waals surface area (Å²) in [5.74, 6) is -0.433. The second kappa shape index (κ2) is 6.55. The summed E-state index contributed by atoms with van der Waals surface area (Å²) in [4.78, 5) is 16.6. The highest BCUT2D eigenvalue weighted by atomic mass is 35.5. The predicted octanol–water partition coefficient (Wildman–Crippen LogP) is 3.85. The van der Waals surface area contributed by atoms with Gasteiger partial charge in [-0.25, -0.2) is 4.79 Å². The van der Waals surface area contributed by atoms with Crippen LogP contribution in [0.4, 0.5) is 0 Å². The van der Waals surface area contributed by atoms with Gasteiger partial charge in [-0.2, -0.15) is 0 Å². The maximum absolute atomic E-state index is 12.2. The fraction of sp³-hybridized carbons (Fsp3) is 0.176. The molecule has 21 heavy (non-hydrogen) atoms. The maximum Gasteiger partial charge on any atom is 0.338 e. The first-order chi connectivity index (χ1) is 10.1. The lowest BCUT2D eigenvalue weighted by molar-refractivity contribution is -0.146. The number of benzene rings is 2. The van der Waals surface area contributed by atoms with Crippen molar-refractivity contribution in [3.8, 4) is 0 Å². The lowest BCUT2D eigenvalue weighted by Gasteiger charge is -2.23. The number of hydrogen-bond acceptors (Lipinski definition) is 3. The number of carbonyl (C=O) groups is 1. The van der Waals surface area contributed by atoms with Gasteiger partial charge in [0.2, 0.25) is 0 Å². The van der Waals surface area contributed by atoms with E-state index in [0.29, 0.717) is 10.6 Å². The summed E-state index contributed by atoms with van der Waals surface area (Å²) in [5, 5.41) is 0.553. The van der Waals surface area contributed by atoms with Gasteiger partial charge >= 0.3 is 5.97 Å². The molecule has 0 radical (unpaired) electrons. The molecule has 2 aromatic carbocycles. The molecule has 0 amide bonds. The third-order valence-corrected chi connectivity index (χ3v) is 3.48. The van der Waals surface area contributed by atoms with Gasteiger partial charge in [0.1, 0.15) is 0 Å². The van der Waals surface area contributed by atoms with Crippen LogP contribution in [0, 0.1) is 0 Å². The van der Waals surface area contributed by atoms with Gasteiger partial charge in [-0.05, 0) is 30.2 Å². The van der Waals surface area contributed by atoms with Crippen molar-refractivity contribution in [1.29, 1.82) is 0 Å². The molecule has 0 saturated heterocycles. The second-order valence-corrected chi connectivity index (χ2v) is 5.18. The van der Waals surface area contributed by atoms with Gasteiger partial charge in [-0.1, -0.05) is 54.1 Å². The van der Waals surface area contributed by atoms with Crippen LogP contribution in [0.3, 0.4) is 0 Å². The van der Waals surface area contributed by atoms with Gasteiger partial charge in [-0.15, -0.1) is 0 Å². The second-order valence-electron chi connectivity index (χ2n) is 4.74. The van der Waals surface area contributed by atoms with Crippen LogP contribution in [0.15, 0.2) is 59.6 Å². The molecule has 108 valence electrons. The van der Waals surface area contributed by atoms with Crippen molar-refractivity contribution in [2.75, 3.05) is 7.11 Å². The van der Waals surface area contributed by atoms with E-state index in [-0.39, 0.29) is 0 Å². The standard InChI is InChI=1S/C17H16ClNO2/c1-17(16(20)21-2,14-9-6-10-15(18)11-14)19-12-13-7-4-3-5-8-13/h3-12H,1-2H3/t17-/m1/s1. The number of rotatable bonds is 4. The lowest BCUT2D eigenvalue weighted by atomic mass is 9.92. The van der Waals surface area contributed by atoms with Gasteiger partial charge in [0.15, 0.2) is 5.54 Å². The Morgan fingerprint density at radius 2 is 1.90 bits per heavy atom. The van der Waals surface area contributed by atoms with Crippen LogP contribution >= 0.6 is 11.6 Å². The minimum atomic E-state index is -1.13. The van der Waals surface area contributed by atoms with E-state index in [1.807, 2.05) is 36.4 Å². The average Bonchev–Trinajstić information content (AvgIpc) is 2.52. The Hall–Kier alpha value is -2.13. The lowest BCUT2D eigenvalue weighted by Crippen LogP contribution is -2.32. The van der Waals surface area contributed by atoms with Crippen molar-refractivity contribution in [3.63, 3.8) is 0 Å². The quantitative estimate of drug-likeness (QED) is 0.635. The van der Waals surface area contributed by atoms with Crippen LogP contribution in [0.25, 0.3) is 0 Å². The molecular weight excluding hydrogens is 286 g/mol. The van der Waals surface area contributed by atoms with Crippen LogP contribution in [-0.4, -0.2) is 19.3 Å². The van der Waals surface area contributed by atoms with E-state index in [2.05, 4.69) is 4.99 Å². The molecular formula is C17H16ClNO2. The predicted molar refractivity (Wildman–Crippen MR) is 84.9 cm³/mol. The number of carbonyl (C=O) groups excluding carboxylic acids is 1. The molecule has 0 unspecified atom stereocenters. The van der Waals surface area contributed by atoms with Crippen LogP contribution < -0.4 is 0 Å². The Labute approximate surface area is 129 Å². The molecule has 3 nitrogen and oxygen atoms in total. The number of esters is 1. The van der Waals surface area contributed by atoms with Crippen molar-refractivity contribution >= 4 is 23.8 Å². The highest BCUT2D eigenvalue weighted by Gasteiger charge is 2.35. The Kier molecular flexibility index (Phi) is 4.76. The third kappa shape index (κ3) is 3.50. The molecule has 0 spiro atoms. The average molecular weight is 302 g/mol. The summed E-state index contributed by atoms with van der Waals surface area (Å²) in [6, 6.07) is 16.7. The smallest absolute Gasteiger partial charge is 0.338 e. The summed E-state index contributed by atoms with van der Waals surface area (Å²) < 4.78 is 4.90. The van der Waals surface area contributed by atoms with Crippen LogP contribution in [0.2, 0.25) is 5.02 Å². The largest absolute Gasteiger partial charge is 0.467 e. The zero-order valence-corrected chi connectivity index (χ0v) is 12.7. The van der Waals surface area contributed by atoms with Gasteiger partial charge in [0.05, 0.1) is 7.11 Å². The molecule has 0 aliphatic carbocycles. The molecule has 0 N–H and O–H groups in total. The molecule has 0 aliphatic heterocycles. The monoisotopic (exact) mass is 301 g/mol. The Balaban J connectivity index is 2.43. The summed E-state index contributed by atoms with van der Waals surface area (Å²) in [7, 11) is 1.35. The van der Waals surface area contributed by atoms with Crippen LogP contribution in [0.5, 0.6) is 0 Å². The fourth-order valence-electron chi connectivity index (χ4n) is 1.98. The van der Waals surface area contributed by atoms with E-state index in [4.69, 9.17) is 16.3 Å². The SMILES string of the molecule is COC(=O)[C@](C)(N=Cc1ccccc1)c1cccc(Cl)c1. The normalized spacial score (nSPS) is 13.9. The number of ether oxygens (including phenoxy) is 1. The van der Waals surface area contributed by atoms with Crippen molar-refractivity contribution in [2.24, 2.45) is 4.99 Å². The minimum Gasteiger partial charge on any atom is -0.467 e. The molecule has 2 rings (SSSR count). The highest BCUT2D eigenvalue weighted by molar-refractivity contribution is 6.30. The van der Waals surface area contributed by atoms with Crippen molar-refractivity contribution in [2.45, 2.75) is 12.5 Å². The number of aliphatic imine (C=N–C) groups is 1. The van der Waals surface area contributed by atoms with Gasteiger partial charge in [-0.3, -0.25) is 4.99 Å². The summed E-state index contributed by atoms with van der Waals surface area (Å²) in [5.41, 5.74) is 0.471. The van der Waals surface area contributed by atoms with Crippen molar-refractivity contribution in [3.05, 3.63) is 70.7 Å². The first-order valence-electron chi connectivity index (χ1n) is 6.51. The number of hydrogen-bond donors (Lipinski definition) is 0. The summed E-state index contributed by atoms with van der Waals surface area (Å²) in [6.45, 7) is 1.71. The molecule has 1 atom stereocenters. The zero-order chi connectivity index (χ0) is 15.3. The molecule has 0 fully saturated rings. The maximum atomic E-state index is 12.2. The zero-order valence-electron chi connectivity index (χ0n) is 11.9. The van der Waals surface area contributed by atoms with Crippen molar-refractivity contribution in [1.82, 2.24) is 0 Å². The van der Waals surface area contributed by atoms with E-state index in [9.17, 15) is 4.79 Å². The molecule has 0 bridgehead atoms. The van der Waals surface area contributed by atoms with E-state index >= 15 is 0 Å². The van der Waals surface area contributed by atoms with Gasteiger partial charge < -0.3 is 4.74 Å². The number of halogens is 1. The van der Waals surface area contributed by atoms with E-state index in [0.717, 1.165) is 5.56 Å². The first-order valence-corrected chi connectivity index (χ1v) is 6.89. The first kappa shape index (κ1) is 15.3. The highest BCUT2D eigenvalue weighted by Crippen LogP contribution is 2.29. The van der Waals surface area contributed by atoms with E-state index < -0.39 is 11.5 Å². The van der Waals surface area contributed by atoms with Gasteiger partial charge in [0, 0.05) is 11.2 Å². The van der Waals surface area contributed by atoms with E-state index in [1.54, 1.807) is 31.3 Å². The minimum absolute atomic E-state index is 0.433. The third-order valence-electron chi connectivity index (χ3n) is 3.24. The van der Waals surface area contributed by atoms with Crippen molar-refractivity contribution < 1.29 is 9.53 Å². The number of nitrogens with zero attached hydrogens (tertiary/aromatic N) is 1. The molecule has 0 aliphatic rings. The molecule has 0 heterocycles. The fourth-order valence-corrected chi connectivity index (χ4v) is 2.17. The summed E-state index contributed by atoms with van der Waals surface area (Å²) >= 11 is 6.01. The Morgan fingerprint density at radius 1 is 1.19 bits per heavy atom. The number of methoxy groups -OCH3 is 1. The van der Waals surface area contributed by atoms with Crippen LogP contribution in [0.1, 0.15) is 18.1 Å². The van der Waals surface area contributed by atoms with Crippen LogP contribution in [-0.2, 0) is 15.1 Å². The van der Waals surface area contributed by atoms with Gasteiger partial charge in [0.25, 0.3) is 0 Å². The molecule has 2 aromatic rings. The Bertz CT molecular complexity index is 655. The topological polar surface area (TPSA) is 38.7 Å².